The van der Waals surface area contributed by atoms with Crippen LogP contribution >= 0.6 is 0 Å². The Morgan fingerprint density at radius 2 is 1.73 bits per heavy atom. The number of esters is 1. The Kier molecular flexibility index (Phi) is 4.35. The third-order valence-corrected chi connectivity index (χ3v) is 2.98. The van der Waals surface area contributed by atoms with Crippen molar-refractivity contribution >= 4 is 5.97 Å². The van der Waals surface area contributed by atoms with Crippen LogP contribution in [-0.4, -0.2) is 25.2 Å². The number of halogens is 3. The van der Waals surface area contributed by atoms with Crippen molar-refractivity contribution in [1.29, 1.82) is 0 Å². The van der Waals surface area contributed by atoms with Gasteiger partial charge in [-0.15, -0.1) is 0 Å². The molecule has 1 aromatic heterocycles. The second kappa shape index (κ2) is 6.05. The van der Waals surface area contributed by atoms with Crippen molar-refractivity contribution in [3.63, 3.8) is 0 Å². The molecule has 0 fully saturated rings. The summed E-state index contributed by atoms with van der Waals surface area (Å²) in [6, 6.07) is 7.69. The Balaban J connectivity index is 2.70. The summed E-state index contributed by atoms with van der Waals surface area (Å²) in [6.07, 6.45) is -4.55. The van der Waals surface area contributed by atoms with Gasteiger partial charge in [-0.3, -0.25) is 0 Å². The molecule has 0 atom stereocenters. The molecule has 0 saturated heterocycles. The number of carbonyl (C=O) groups is 1. The fourth-order valence-corrected chi connectivity index (χ4v) is 1.99. The summed E-state index contributed by atoms with van der Waals surface area (Å²) in [5.74, 6) is -0.737. The lowest BCUT2D eigenvalue weighted by atomic mass is 9.98. The molecule has 0 aliphatic rings. The van der Waals surface area contributed by atoms with E-state index in [1.807, 2.05) is 0 Å². The van der Waals surface area contributed by atoms with E-state index >= 15 is 0 Å². The standard InChI is InChI=1S/C15H12F3NO3/c1-21-12-8-7-10(13(19-12)14(20)22-2)9-5-3-4-6-11(9)15(16,17)18/h3-8H,1-2H3. The number of hydrogen-bond acceptors (Lipinski definition) is 4. The topological polar surface area (TPSA) is 48.4 Å². The molecule has 116 valence electrons. The van der Waals surface area contributed by atoms with Crippen molar-refractivity contribution in [2.45, 2.75) is 6.18 Å². The third-order valence-electron chi connectivity index (χ3n) is 2.98. The van der Waals surface area contributed by atoms with Gasteiger partial charge in [-0.05, 0) is 17.7 Å². The summed E-state index contributed by atoms with van der Waals surface area (Å²) in [5.41, 5.74) is -1.21. The summed E-state index contributed by atoms with van der Waals surface area (Å²) in [6.45, 7) is 0. The van der Waals surface area contributed by atoms with E-state index in [1.165, 1.54) is 37.4 Å². The monoisotopic (exact) mass is 311 g/mol. The zero-order valence-electron chi connectivity index (χ0n) is 11.8. The molecule has 22 heavy (non-hydrogen) atoms. The number of nitrogens with zero attached hydrogens (tertiary/aromatic N) is 1. The predicted molar refractivity (Wildman–Crippen MR) is 72.6 cm³/mol. The number of rotatable bonds is 3. The largest absolute Gasteiger partial charge is 0.481 e. The minimum atomic E-state index is -4.55. The molecule has 0 N–H and O–H groups in total. The molecule has 0 aliphatic carbocycles. The van der Waals surface area contributed by atoms with E-state index in [-0.39, 0.29) is 22.7 Å². The van der Waals surface area contributed by atoms with Crippen LogP contribution in [0.1, 0.15) is 16.1 Å². The highest BCUT2D eigenvalue weighted by Crippen LogP contribution is 2.38. The van der Waals surface area contributed by atoms with Crippen molar-refractivity contribution < 1.29 is 27.4 Å². The van der Waals surface area contributed by atoms with E-state index < -0.39 is 17.7 Å². The van der Waals surface area contributed by atoms with Crippen LogP contribution in [0.4, 0.5) is 13.2 Å². The second-order valence-corrected chi connectivity index (χ2v) is 4.28. The lowest BCUT2D eigenvalue weighted by Gasteiger charge is -2.15. The number of aromatic nitrogens is 1. The van der Waals surface area contributed by atoms with Crippen LogP contribution in [0, 0.1) is 0 Å². The zero-order chi connectivity index (χ0) is 16.3. The lowest BCUT2D eigenvalue weighted by Crippen LogP contribution is -2.11. The third kappa shape index (κ3) is 3.03. The summed E-state index contributed by atoms with van der Waals surface area (Å²) >= 11 is 0. The zero-order valence-corrected chi connectivity index (χ0v) is 11.8. The number of pyridine rings is 1. The molecule has 4 nitrogen and oxygen atoms in total. The maximum atomic E-state index is 13.1. The van der Waals surface area contributed by atoms with Crippen LogP contribution in [0.25, 0.3) is 11.1 Å². The van der Waals surface area contributed by atoms with Crippen LogP contribution in [0.3, 0.4) is 0 Å². The number of ether oxygens (including phenoxy) is 2. The number of methoxy groups -OCH3 is 2. The molecular formula is C15H12F3NO3. The van der Waals surface area contributed by atoms with E-state index in [1.54, 1.807) is 0 Å². The van der Waals surface area contributed by atoms with Gasteiger partial charge in [0.15, 0.2) is 5.69 Å². The van der Waals surface area contributed by atoms with E-state index in [0.29, 0.717) is 0 Å². The molecule has 0 amide bonds. The molecule has 0 spiro atoms. The lowest BCUT2D eigenvalue weighted by molar-refractivity contribution is -0.137. The van der Waals surface area contributed by atoms with Crippen LogP contribution in [-0.2, 0) is 10.9 Å². The van der Waals surface area contributed by atoms with Crippen molar-refractivity contribution in [2.75, 3.05) is 14.2 Å². The summed E-state index contributed by atoms with van der Waals surface area (Å²) < 4.78 is 48.9. The Morgan fingerprint density at radius 3 is 2.32 bits per heavy atom. The highest BCUT2D eigenvalue weighted by atomic mass is 19.4. The molecule has 7 heteroatoms. The first-order valence-electron chi connectivity index (χ1n) is 6.18. The summed E-state index contributed by atoms with van der Waals surface area (Å²) in [4.78, 5) is 15.7. The molecule has 0 radical (unpaired) electrons. The first-order chi connectivity index (χ1) is 10.4. The van der Waals surface area contributed by atoms with E-state index in [0.717, 1.165) is 13.2 Å². The van der Waals surface area contributed by atoms with Gasteiger partial charge in [-0.1, -0.05) is 18.2 Å². The SMILES string of the molecule is COC(=O)c1nc(OC)ccc1-c1ccccc1C(F)(F)F. The van der Waals surface area contributed by atoms with Crippen molar-refractivity contribution in [1.82, 2.24) is 4.98 Å². The Labute approximate surface area is 124 Å². The number of hydrogen-bond donors (Lipinski definition) is 0. The smallest absolute Gasteiger partial charge is 0.417 e. The number of alkyl halides is 3. The van der Waals surface area contributed by atoms with Gasteiger partial charge in [0, 0.05) is 11.6 Å². The molecule has 0 bridgehead atoms. The van der Waals surface area contributed by atoms with E-state index in [4.69, 9.17) is 4.74 Å². The minimum Gasteiger partial charge on any atom is -0.481 e. The predicted octanol–water partition coefficient (Wildman–Crippen LogP) is 3.56. The van der Waals surface area contributed by atoms with Crippen molar-refractivity contribution in [3.8, 4) is 17.0 Å². The maximum absolute atomic E-state index is 13.1. The Hall–Kier alpha value is -2.57. The molecule has 2 rings (SSSR count). The molecule has 1 heterocycles. The van der Waals surface area contributed by atoms with Crippen molar-refractivity contribution in [2.24, 2.45) is 0 Å². The Morgan fingerprint density at radius 1 is 1.05 bits per heavy atom. The van der Waals surface area contributed by atoms with E-state index in [9.17, 15) is 18.0 Å². The maximum Gasteiger partial charge on any atom is 0.417 e. The normalized spacial score (nSPS) is 11.1. The molecule has 0 unspecified atom stereocenters. The fraction of sp³-hybridized carbons (Fsp3) is 0.200. The van der Waals surface area contributed by atoms with Crippen LogP contribution in [0.2, 0.25) is 0 Å². The molecule has 2 aromatic rings. The first kappa shape index (κ1) is 15.8. The van der Waals surface area contributed by atoms with E-state index in [2.05, 4.69) is 9.72 Å². The second-order valence-electron chi connectivity index (χ2n) is 4.28. The average Bonchev–Trinajstić information content (AvgIpc) is 2.52. The highest BCUT2D eigenvalue weighted by molar-refractivity contribution is 5.96. The average molecular weight is 311 g/mol. The van der Waals surface area contributed by atoms with Gasteiger partial charge in [0.25, 0.3) is 0 Å². The van der Waals surface area contributed by atoms with Gasteiger partial charge in [-0.25, -0.2) is 9.78 Å². The van der Waals surface area contributed by atoms with Crippen LogP contribution < -0.4 is 4.74 Å². The van der Waals surface area contributed by atoms with Gasteiger partial charge in [-0.2, -0.15) is 13.2 Å². The van der Waals surface area contributed by atoms with Crippen LogP contribution in [0.15, 0.2) is 36.4 Å². The van der Waals surface area contributed by atoms with Gasteiger partial charge in [0.05, 0.1) is 19.8 Å². The van der Waals surface area contributed by atoms with Gasteiger partial charge in [0.1, 0.15) is 0 Å². The quantitative estimate of drug-likeness (QED) is 0.813. The summed E-state index contributed by atoms with van der Waals surface area (Å²) in [5, 5.41) is 0. The van der Waals surface area contributed by atoms with Crippen LogP contribution in [0.5, 0.6) is 5.88 Å². The molecule has 1 aromatic carbocycles. The van der Waals surface area contributed by atoms with Gasteiger partial charge in [0.2, 0.25) is 5.88 Å². The summed E-state index contributed by atoms with van der Waals surface area (Å²) in [7, 11) is 2.47. The first-order valence-corrected chi connectivity index (χ1v) is 6.18. The van der Waals surface area contributed by atoms with Crippen molar-refractivity contribution in [3.05, 3.63) is 47.7 Å². The highest BCUT2D eigenvalue weighted by Gasteiger charge is 2.34. The molecular weight excluding hydrogens is 299 g/mol. The molecule has 0 aliphatic heterocycles. The number of carbonyl (C=O) groups excluding carboxylic acids is 1. The van der Waals surface area contributed by atoms with Gasteiger partial charge < -0.3 is 9.47 Å². The minimum absolute atomic E-state index is 0.0283. The molecule has 0 saturated carbocycles. The van der Waals surface area contributed by atoms with Gasteiger partial charge >= 0.3 is 12.1 Å². The number of benzene rings is 1. The fourth-order valence-electron chi connectivity index (χ4n) is 1.99. The Bertz CT molecular complexity index is 699.